The summed E-state index contributed by atoms with van der Waals surface area (Å²) in [6.07, 6.45) is 1.80. The van der Waals surface area contributed by atoms with Gasteiger partial charge >= 0.3 is 0 Å². The van der Waals surface area contributed by atoms with Crippen LogP contribution in [0, 0.1) is 0 Å². The third-order valence-electron chi connectivity index (χ3n) is 4.38. The van der Waals surface area contributed by atoms with Crippen LogP contribution in [0.3, 0.4) is 0 Å². The number of hydrogen-bond acceptors (Lipinski definition) is 5. The minimum Gasteiger partial charge on any atom is -0.307 e. The largest absolute Gasteiger partial charge is 0.307 e. The minimum absolute atomic E-state index is 0.551. The van der Waals surface area contributed by atoms with Crippen LogP contribution in [0.1, 0.15) is 30.7 Å². The van der Waals surface area contributed by atoms with Crippen molar-refractivity contribution >= 4 is 11.3 Å². The third-order valence-corrected chi connectivity index (χ3v) is 5.29. The second kappa shape index (κ2) is 9.03. The molecule has 0 bridgehead atoms. The standard InChI is InChI=1S/C21H26N4S/c1-16(2)25(3)14-18-8-6-7-17(11-18)12-22-13-19-15-26-21(24-19)20-9-4-5-10-23-20/h4-11,15-16,22H,12-14H2,1-3H3. The maximum atomic E-state index is 4.67. The normalized spacial score (nSPS) is 11.4. The van der Waals surface area contributed by atoms with Crippen molar-refractivity contribution in [2.75, 3.05) is 7.05 Å². The molecule has 0 unspecified atom stereocenters. The van der Waals surface area contributed by atoms with Crippen molar-refractivity contribution < 1.29 is 0 Å². The van der Waals surface area contributed by atoms with Crippen LogP contribution in [-0.2, 0) is 19.6 Å². The monoisotopic (exact) mass is 366 g/mol. The van der Waals surface area contributed by atoms with Crippen molar-refractivity contribution in [2.45, 2.75) is 39.5 Å². The summed E-state index contributed by atoms with van der Waals surface area (Å²) in [5.74, 6) is 0. The first kappa shape index (κ1) is 18.7. The van der Waals surface area contributed by atoms with E-state index >= 15 is 0 Å². The van der Waals surface area contributed by atoms with Crippen LogP contribution in [0.5, 0.6) is 0 Å². The van der Waals surface area contributed by atoms with Gasteiger partial charge in [-0.15, -0.1) is 11.3 Å². The summed E-state index contributed by atoms with van der Waals surface area (Å²) in [4.78, 5) is 11.4. The molecular weight excluding hydrogens is 340 g/mol. The summed E-state index contributed by atoms with van der Waals surface area (Å²) in [7, 11) is 2.16. The van der Waals surface area contributed by atoms with Gasteiger partial charge in [0.05, 0.1) is 11.4 Å². The molecule has 0 saturated carbocycles. The molecule has 3 rings (SSSR count). The molecule has 0 spiro atoms. The van der Waals surface area contributed by atoms with E-state index in [-0.39, 0.29) is 0 Å². The zero-order valence-electron chi connectivity index (χ0n) is 15.6. The van der Waals surface area contributed by atoms with Crippen LogP contribution >= 0.6 is 11.3 Å². The smallest absolute Gasteiger partial charge is 0.142 e. The summed E-state index contributed by atoms with van der Waals surface area (Å²) in [5, 5.41) is 6.57. The average Bonchev–Trinajstić information content (AvgIpc) is 3.12. The van der Waals surface area contributed by atoms with E-state index in [1.807, 2.05) is 18.2 Å². The van der Waals surface area contributed by atoms with Crippen molar-refractivity contribution in [1.29, 1.82) is 0 Å². The molecule has 0 aliphatic heterocycles. The Bertz CT molecular complexity index is 814. The number of nitrogens with one attached hydrogen (secondary N) is 1. The molecule has 0 aliphatic carbocycles. The Morgan fingerprint density at radius 1 is 1.08 bits per heavy atom. The van der Waals surface area contributed by atoms with Crippen molar-refractivity contribution in [3.63, 3.8) is 0 Å². The lowest BCUT2D eigenvalue weighted by molar-refractivity contribution is 0.266. The Labute approximate surface area is 159 Å². The second-order valence-corrected chi connectivity index (χ2v) is 7.65. The summed E-state index contributed by atoms with van der Waals surface area (Å²) in [6.45, 7) is 7.02. The molecule has 136 valence electrons. The molecule has 0 radical (unpaired) electrons. The summed E-state index contributed by atoms with van der Waals surface area (Å²) in [6, 6.07) is 15.3. The maximum Gasteiger partial charge on any atom is 0.142 e. The fraction of sp³-hybridized carbons (Fsp3) is 0.333. The van der Waals surface area contributed by atoms with Gasteiger partial charge in [0.1, 0.15) is 5.01 Å². The first-order valence-corrected chi connectivity index (χ1v) is 9.84. The molecule has 2 heterocycles. The third kappa shape index (κ3) is 5.21. The molecule has 2 aromatic heterocycles. The molecule has 1 N–H and O–H groups in total. The highest BCUT2D eigenvalue weighted by atomic mass is 32.1. The van der Waals surface area contributed by atoms with Gasteiger partial charge in [0.15, 0.2) is 0 Å². The Kier molecular flexibility index (Phi) is 6.50. The second-order valence-electron chi connectivity index (χ2n) is 6.79. The Balaban J connectivity index is 1.53. The van der Waals surface area contributed by atoms with Crippen molar-refractivity contribution in [3.05, 3.63) is 70.9 Å². The van der Waals surface area contributed by atoms with E-state index in [1.54, 1.807) is 17.5 Å². The number of thiazole rings is 1. The molecule has 1 aromatic carbocycles. The quantitative estimate of drug-likeness (QED) is 0.644. The molecule has 0 fully saturated rings. The lowest BCUT2D eigenvalue weighted by Crippen LogP contribution is -2.25. The van der Waals surface area contributed by atoms with Crippen LogP contribution in [0.2, 0.25) is 0 Å². The molecule has 3 aromatic rings. The highest BCUT2D eigenvalue weighted by Gasteiger charge is 2.06. The molecule has 0 aliphatic rings. The Hall–Kier alpha value is -2.08. The molecule has 0 atom stereocenters. The van der Waals surface area contributed by atoms with Gasteiger partial charge in [0.25, 0.3) is 0 Å². The summed E-state index contributed by atoms with van der Waals surface area (Å²) >= 11 is 1.64. The lowest BCUT2D eigenvalue weighted by atomic mass is 10.1. The highest BCUT2D eigenvalue weighted by molar-refractivity contribution is 7.13. The predicted molar refractivity (Wildman–Crippen MR) is 109 cm³/mol. The van der Waals surface area contributed by atoms with Crippen molar-refractivity contribution in [1.82, 2.24) is 20.2 Å². The fourth-order valence-electron chi connectivity index (χ4n) is 2.64. The van der Waals surface area contributed by atoms with Gasteiger partial charge < -0.3 is 5.32 Å². The van der Waals surface area contributed by atoms with Crippen molar-refractivity contribution in [2.24, 2.45) is 0 Å². The number of hydrogen-bond donors (Lipinski definition) is 1. The number of aromatic nitrogens is 2. The highest BCUT2D eigenvalue weighted by Crippen LogP contribution is 2.21. The molecule has 0 amide bonds. The summed E-state index contributed by atoms with van der Waals surface area (Å²) < 4.78 is 0. The number of nitrogens with zero attached hydrogens (tertiary/aromatic N) is 3. The first-order chi connectivity index (χ1) is 12.6. The molecule has 26 heavy (non-hydrogen) atoms. The van der Waals surface area contributed by atoms with Gasteiger partial charge in [-0.1, -0.05) is 30.3 Å². The summed E-state index contributed by atoms with van der Waals surface area (Å²) in [5.41, 5.74) is 4.66. The van der Waals surface area contributed by atoms with E-state index in [4.69, 9.17) is 0 Å². The number of pyridine rings is 1. The molecule has 4 nitrogen and oxygen atoms in total. The SMILES string of the molecule is CC(C)N(C)Cc1cccc(CNCc2csc(-c3ccccn3)n2)c1. The Morgan fingerprint density at radius 3 is 2.69 bits per heavy atom. The van der Waals surface area contributed by atoms with E-state index in [0.717, 1.165) is 36.0 Å². The van der Waals surface area contributed by atoms with Gasteiger partial charge in [-0.05, 0) is 44.2 Å². The molecule has 0 saturated heterocycles. The zero-order chi connectivity index (χ0) is 18.4. The van der Waals surface area contributed by atoms with E-state index in [0.29, 0.717) is 6.04 Å². The van der Waals surface area contributed by atoms with Crippen LogP contribution in [-0.4, -0.2) is 28.0 Å². The van der Waals surface area contributed by atoms with E-state index < -0.39 is 0 Å². The molecule has 5 heteroatoms. The lowest BCUT2D eigenvalue weighted by Gasteiger charge is -2.21. The molecular formula is C21H26N4S. The van der Waals surface area contributed by atoms with Crippen LogP contribution in [0.25, 0.3) is 10.7 Å². The average molecular weight is 367 g/mol. The van der Waals surface area contributed by atoms with E-state index in [9.17, 15) is 0 Å². The predicted octanol–water partition coefficient (Wildman–Crippen LogP) is 4.34. The minimum atomic E-state index is 0.551. The van der Waals surface area contributed by atoms with Crippen LogP contribution in [0.4, 0.5) is 0 Å². The van der Waals surface area contributed by atoms with Gasteiger partial charge in [0, 0.05) is 37.3 Å². The van der Waals surface area contributed by atoms with Crippen molar-refractivity contribution in [3.8, 4) is 10.7 Å². The Morgan fingerprint density at radius 2 is 1.92 bits per heavy atom. The van der Waals surface area contributed by atoms with Gasteiger partial charge in [-0.3, -0.25) is 9.88 Å². The number of benzene rings is 1. The van der Waals surface area contributed by atoms with Gasteiger partial charge in [-0.2, -0.15) is 0 Å². The van der Waals surface area contributed by atoms with Gasteiger partial charge in [-0.25, -0.2) is 4.98 Å². The topological polar surface area (TPSA) is 41.0 Å². The number of rotatable bonds is 8. The zero-order valence-corrected chi connectivity index (χ0v) is 16.5. The van der Waals surface area contributed by atoms with Gasteiger partial charge in [0.2, 0.25) is 0 Å². The first-order valence-electron chi connectivity index (χ1n) is 8.96. The maximum absolute atomic E-state index is 4.67. The van der Waals surface area contributed by atoms with E-state index in [2.05, 4.69) is 70.7 Å². The van der Waals surface area contributed by atoms with Crippen LogP contribution in [0.15, 0.2) is 54.0 Å². The van der Waals surface area contributed by atoms with E-state index in [1.165, 1.54) is 11.1 Å². The fourth-order valence-corrected chi connectivity index (χ4v) is 3.43. The van der Waals surface area contributed by atoms with Crippen LogP contribution < -0.4 is 5.32 Å².